The van der Waals surface area contributed by atoms with E-state index < -0.39 is 20.5 Å². The Hall–Kier alpha value is -9.88. The molecule has 0 radical (unpaired) electrons. The fourth-order valence-electron chi connectivity index (χ4n) is 10.7. The summed E-state index contributed by atoms with van der Waals surface area (Å²) in [6.07, 6.45) is 11.3. The molecular weight excluding hydrogens is 1330 g/mol. The van der Waals surface area contributed by atoms with E-state index in [4.69, 9.17) is 37.3 Å². The molecule has 0 amide bonds. The van der Waals surface area contributed by atoms with Gasteiger partial charge in [0.25, 0.3) is 0 Å². The number of hydrogen-bond donors (Lipinski definition) is 0. The summed E-state index contributed by atoms with van der Waals surface area (Å²) in [5.74, 6) is 0. The van der Waals surface area contributed by atoms with Crippen molar-refractivity contribution in [1.29, 1.82) is 0 Å². The van der Waals surface area contributed by atoms with Gasteiger partial charge in [0.1, 0.15) is 0 Å². The standard InChI is InChI=1S/3C24H16N2.2ClHO4.5H2O.Ru/c3*1-3-7-17(8-4-1)19-13-15-25-23-21(19)11-12-22-20(14-16-26-24(22)23)18-9-5-2-6-10-18;2*2-1(3,4)5;;;;;;/h3*1-16H;2*(H,2,3,4,5);5*1H2;/q;;;;;;;;;;+2/p-2. The molecule has 15 rings (SSSR count). The van der Waals surface area contributed by atoms with Gasteiger partial charge in [0.05, 0.1) is 33.1 Å². The Morgan fingerprint density at radius 3 is 0.415 bits per heavy atom. The zero-order valence-electron chi connectivity index (χ0n) is 49.3. The molecule has 0 aliphatic rings. The molecule has 0 fully saturated rings. The van der Waals surface area contributed by atoms with Gasteiger partial charge in [-0.1, -0.05) is 218 Å². The van der Waals surface area contributed by atoms with E-state index in [2.05, 4.69) is 248 Å². The normalized spacial score (nSPS) is 10.5. The number of hydrogen-bond acceptors (Lipinski definition) is 14. The van der Waals surface area contributed by atoms with Crippen LogP contribution in [0.4, 0.5) is 0 Å². The van der Waals surface area contributed by atoms with Crippen molar-refractivity contribution in [3.8, 4) is 66.8 Å². The van der Waals surface area contributed by atoms with E-state index in [0.717, 1.165) is 65.4 Å². The molecule has 6 aromatic heterocycles. The van der Waals surface area contributed by atoms with E-state index in [0.29, 0.717) is 0 Å². The van der Waals surface area contributed by atoms with Crippen LogP contribution in [0.25, 0.3) is 132 Å². The fourth-order valence-corrected chi connectivity index (χ4v) is 10.7. The average Bonchev–Trinajstić information content (AvgIpc) is 0.775. The summed E-state index contributed by atoms with van der Waals surface area (Å²) in [7, 11) is -9.89. The van der Waals surface area contributed by atoms with Crippen LogP contribution in [0.1, 0.15) is 0 Å². The second-order valence-corrected chi connectivity index (χ2v) is 21.2. The number of benzene rings is 9. The molecule has 94 heavy (non-hydrogen) atoms. The Kier molecular flexibility index (Phi) is 27.2. The van der Waals surface area contributed by atoms with Crippen LogP contribution in [-0.2, 0) is 19.5 Å². The van der Waals surface area contributed by atoms with Gasteiger partial charge >= 0.3 is 19.5 Å². The van der Waals surface area contributed by atoms with Gasteiger partial charge in [-0.25, -0.2) is 37.3 Å². The van der Waals surface area contributed by atoms with E-state index in [1.54, 1.807) is 0 Å². The first-order valence-electron chi connectivity index (χ1n) is 27.3. The van der Waals surface area contributed by atoms with Crippen LogP contribution in [0.15, 0.2) is 292 Å². The van der Waals surface area contributed by atoms with Crippen molar-refractivity contribution < 1.29 is 105 Å². The minimum absolute atomic E-state index is 0. The number of fused-ring (bicyclic) bond motifs is 9. The number of rotatable bonds is 6. The van der Waals surface area contributed by atoms with Crippen LogP contribution >= 0.6 is 0 Å². The first-order chi connectivity index (χ1) is 42.7. The summed E-state index contributed by atoms with van der Waals surface area (Å²) in [4.78, 5) is 28.0. The maximum atomic E-state index is 8.49. The summed E-state index contributed by atoms with van der Waals surface area (Å²) in [5, 5.41) is 6.77. The molecule has 0 spiro atoms. The van der Waals surface area contributed by atoms with Crippen molar-refractivity contribution in [2.75, 3.05) is 0 Å². The number of nitrogens with zero attached hydrogens (tertiary/aromatic N) is 6. The third-order valence-corrected chi connectivity index (χ3v) is 14.4. The molecule has 9 aromatic carbocycles. The summed E-state index contributed by atoms with van der Waals surface area (Å²) in [6.45, 7) is 0. The molecule has 22 heteroatoms. The van der Waals surface area contributed by atoms with Crippen molar-refractivity contribution in [3.05, 3.63) is 292 Å². The largest absolute Gasteiger partial charge is 2.00 e. The van der Waals surface area contributed by atoms with Crippen LogP contribution < -0.4 is 37.3 Å². The monoisotopic (exact) mass is 1390 g/mol. The molecule has 6 heterocycles. The van der Waals surface area contributed by atoms with E-state index in [1.807, 2.05) is 73.6 Å². The van der Waals surface area contributed by atoms with Crippen molar-refractivity contribution in [2.24, 2.45) is 0 Å². The molecule has 476 valence electrons. The first kappa shape index (κ1) is 74.8. The maximum Gasteiger partial charge on any atom is 2.00 e. The molecule has 15 aromatic rings. The third kappa shape index (κ3) is 18.0. The zero-order chi connectivity index (χ0) is 61.0. The predicted molar refractivity (Wildman–Crippen MR) is 342 cm³/mol. The minimum atomic E-state index is -4.94. The van der Waals surface area contributed by atoms with Gasteiger partial charge in [-0.2, -0.15) is 0 Å². The Labute approximate surface area is 555 Å². The van der Waals surface area contributed by atoms with Gasteiger partial charge in [-0.05, 0) is 103 Å². The topological polar surface area (TPSA) is 419 Å². The summed E-state index contributed by atoms with van der Waals surface area (Å²) < 4.78 is 67.9. The van der Waals surface area contributed by atoms with Gasteiger partial charge < -0.3 is 27.4 Å². The van der Waals surface area contributed by atoms with E-state index in [1.165, 1.54) is 66.8 Å². The molecule has 0 aliphatic heterocycles. The molecule has 0 bridgehead atoms. The van der Waals surface area contributed by atoms with Crippen LogP contribution in [0, 0.1) is 20.5 Å². The van der Waals surface area contributed by atoms with Crippen molar-refractivity contribution in [2.45, 2.75) is 0 Å². The van der Waals surface area contributed by atoms with Crippen LogP contribution in [0.3, 0.4) is 0 Å². The first-order valence-corrected chi connectivity index (χ1v) is 29.8. The number of halogens is 2. The Morgan fingerprint density at radius 2 is 0.298 bits per heavy atom. The quantitative estimate of drug-likeness (QED) is 0.161. The molecule has 0 saturated carbocycles. The molecule has 10 N–H and O–H groups in total. The van der Waals surface area contributed by atoms with E-state index >= 15 is 0 Å². The Balaban J connectivity index is 0.000000231. The summed E-state index contributed by atoms with van der Waals surface area (Å²) in [6, 6.07) is 88.0. The molecule has 19 nitrogen and oxygen atoms in total. The van der Waals surface area contributed by atoms with Crippen LogP contribution in [0.5, 0.6) is 0 Å². The zero-order valence-corrected chi connectivity index (χ0v) is 52.5. The maximum absolute atomic E-state index is 8.49. The van der Waals surface area contributed by atoms with Crippen molar-refractivity contribution in [1.82, 2.24) is 29.9 Å². The van der Waals surface area contributed by atoms with Gasteiger partial charge in [-0.3, -0.25) is 29.9 Å². The van der Waals surface area contributed by atoms with Gasteiger partial charge in [0.15, 0.2) is 0 Å². The van der Waals surface area contributed by atoms with Gasteiger partial charge in [-0.15, -0.1) is 20.5 Å². The summed E-state index contributed by atoms with van der Waals surface area (Å²) >= 11 is 0. The third-order valence-electron chi connectivity index (χ3n) is 14.4. The SMILES string of the molecule is O.O.O.O.O.[O-][Cl+3]([O-])([O-])[O-].[O-][Cl+3]([O-])([O-])[O-].[Ru+2].c1ccc(-c2ccnc3c2ccc2c(-c4ccccc4)ccnc23)cc1.c1ccc(-c2ccnc3c2ccc2c(-c4ccccc4)ccnc23)cc1.c1ccc(-c2ccnc3c2ccc2c(-c4ccccc4)ccnc23)cc1. The molecular formula is C72H58Cl2N6O13Ru. The second-order valence-electron chi connectivity index (χ2n) is 19.7. The van der Waals surface area contributed by atoms with Crippen molar-refractivity contribution in [3.63, 3.8) is 0 Å². The Morgan fingerprint density at radius 1 is 0.181 bits per heavy atom. The smallest absolute Gasteiger partial charge is 0.412 e. The predicted octanol–water partition coefficient (Wildman–Crippen LogP) is 4.71. The van der Waals surface area contributed by atoms with E-state index in [-0.39, 0.29) is 46.9 Å². The minimum Gasteiger partial charge on any atom is -0.412 e. The van der Waals surface area contributed by atoms with Crippen molar-refractivity contribution >= 4 is 65.4 Å². The molecule has 0 unspecified atom stereocenters. The van der Waals surface area contributed by atoms with E-state index in [9.17, 15) is 0 Å². The number of pyridine rings is 6. The second kappa shape index (κ2) is 34.2. The Bertz CT molecular complexity index is 4080. The summed E-state index contributed by atoms with van der Waals surface area (Å²) in [5.41, 5.74) is 19.9. The molecule has 0 aliphatic carbocycles. The van der Waals surface area contributed by atoms with Crippen LogP contribution in [0.2, 0.25) is 0 Å². The number of aromatic nitrogens is 6. The van der Waals surface area contributed by atoms with Gasteiger partial charge in [0, 0.05) is 69.5 Å². The van der Waals surface area contributed by atoms with Crippen LogP contribution in [-0.4, -0.2) is 57.3 Å². The molecule has 0 saturated heterocycles. The molecule has 0 atom stereocenters. The average molecular weight is 1390 g/mol. The fraction of sp³-hybridized carbons (Fsp3) is 0. The van der Waals surface area contributed by atoms with Gasteiger partial charge in [0.2, 0.25) is 0 Å².